The van der Waals surface area contributed by atoms with Crippen LogP contribution in [0.4, 0.5) is 11.1 Å². The van der Waals surface area contributed by atoms with Crippen molar-refractivity contribution >= 4 is 32.6 Å². The number of thiazole rings is 1. The maximum atomic E-state index is 13.0. The molecule has 5 rings (SSSR count). The van der Waals surface area contributed by atoms with Crippen LogP contribution in [0.1, 0.15) is 16.7 Å². The quantitative estimate of drug-likeness (QED) is 0.248. The molecule has 0 amide bonds. The Morgan fingerprint density at radius 2 is 1.03 bits per heavy atom. The average molecular weight is 528 g/mol. The number of aromatic nitrogens is 3. The summed E-state index contributed by atoms with van der Waals surface area (Å²) in [6, 6.07) is 25.5. The van der Waals surface area contributed by atoms with Gasteiger partial charge in [0.25, 0.3) is 0 Å². The van der Waals surface area contributed by atoms with Gasteiger partial charge in [0, 0.05) is 22.1 Å². The predicted octanol–water partition coefficient (Wildman–Crippen LogP) is 6.63. The molecule has 7 nitrogen and oxygen atoms in total. The molecule has 5 aromatic rings. The van der Waals surface area contributed by atoms with Gasteiger partial charge in [-0.05, 0) is 26.8 Å². The standard InChI is InChI=1S/C28H25N5O2S2/c1-18-4-10-21(11-5-18)24-16-25(22-12-6-19(2)7-13-22)30-27(29-24)32-37(34,35)33-28-31-26(17-36-28)23-14-8-20(3)9-15-23/h4-17H,1-3H3,(H,31,33)(H,29,30,32). The van der Waals surface area contributed by atoms with Gasteiger partial charge >= 0.3 is 10.2 Å². The van der Waals surface area contributed by atoms with Gasteiger partial charge in [0.2, 0.25) is 5.95 Å². The van der Waals surface area contributed by atoms with E-state index in [4.69, 9.17) is 0 Å². The summed E-state index contributed by atoms with van der Waals surface area (Å²) in [5.74, 6) is -0.0311. The minimum absolute atomic E-state index is 0.0311. The molecule has 0 fully saturated rings. The normalized spacial score (nSPS) is 11.3. The summed E-state index contributed by atoms with van der Waals surface area (Å²) in [5, 5.41) is 2.06. The average Bonchev–Trinajstić information content (AvgIpc) is 3.32. The molecule has 0 aliphatic carbocycles. The summed E-state index contributed by atoms with van der Waals surface area (Å²) in [6.45, 7) is 6.03. The highest BCUT2D eigenvalue weighted by molar-refractivity contribution is 7.94. The minimum Gasteiger partial charge on any atom is -0.241 e. The van der Waals surface area contributed by atoms with Crippen LogP contribution in [0, 0.1) is 20.8 Å². The van der Waals surface area contributed by atoms with Crippen LogP contribution in [0.15, 0.2) is 84.2 Å². The lowest BCUT2D eigenvalue weighted by molar-refractivity contribution is 0.605. The summed E-state index contributed by atoms with van der Waals surface area (Å²) in [5.41, 5.74) is 7.93. The Morgan fingerprint density at radius 1 is 0.595 bits per heavy atom. The third kappa shape index (κ3) is 6.02. The number of nitrogens with zero attached hydrogens (tertiary/aromatic N) is 3. The van der Waals surface area contributed by atoms with Crippen molar-refractivity contribution in [2.45, 2.75) is 20.8 Å². The van der Waals surface area contributed by atoms with Gasteiger partial charge in [0.05, 0.1) is 17.1 Å². The Labute approximate surface area is 220 Å². The predicted molar refractivity (Wildman–Crippen MR) is 151 cm³/mol. The zero-order valence-corrected chi connectivity index (χ0v) is 22.2. The molecule has 0 saturated heterocycles. The first kappa shape index (κ1) is 24.6. The van der Waals surface area contributed by atoms with E-state index in [1.54, 1.807) is 0 Å². The summed E-state index contributed by atoms with van der Waals surface area (Å²) >= 11 is 1.21. The Hall–Kier alpha value is -4.08. The summed E-state index contributed by atoms with van der Waals surface area (Å²) in [6.07, 6.45) is 0. The monoisotopic (exact) mass is 527 g/mol. The molecule has 0 aliphatic heterocycles. The Bertz CT molecular complexity index is 1580. The number of benzene rings is 3. The first-order chi connectivity index (χ1) is 17.7. The van der Waals surface area contributed by atoms with Crippen molar-refractivity contribution in [3.63, 3.8) is 0 Å². The fraction of sp³-hybridized carbons (Fsp3) is 0.107. The van der Waals surface area contributed by atoms with E-state index in [0.29, 0.717) is 17.1 Å². The van der Waals surface area contributed by atoms with Crippen LogP contribution in [0.25, 0.3) is 33.8 Å². The molecule has 0 radical (unpaired) electrons. The lowest BCUT2D eigenvalue weighted by Gasteiger charge is -2.11. The number of nitrogens with one attached hydrogen (secondary N) is 2. The second kappa shape index (κ2) is 10.1. The molecule has 37 heavy (non-hydrogen) atoms. The van der Waals surface area contributed by atoms with E-state index >= 15 is 0 Å². The van der Waals surface area contributed by atoms with Crippen LogP contribution in [0.2, 0.25) is 0 Å². The van der Waals surface area contributed by atoms with Crippen LogP contribution in [-0.2, 0) is 10.2 Å². The largest absolute Gasteiger partial charge is 0.325 e. The fourth-order valence-corrected chi connectivity index (χ4v) is 5.42. The molecule has 0 aliphatic rings. The van der Waals surface area contributed by atoms with Crippen LogP contribution in [0.3, 0.4) is 0 Å². The van der Waals surface area contributed by atoms with E-state index in [9.17, 15) is 8.42 Å². The SMILES string of the molecule is Cc1ccc(-c2cc(-c3ccc(C)cc3)nc(NS(=O)(=O)Nc3nc(-c4ccc(C)cc4)cs3)n2)cc1. The molecule has 0 unspecified atom stereocenters. The van der Waals surface area contributed by atoms with E-state index in [0.717, 1.165) is 33.4 Å². The van der Waals surface area contributed by atoms with Crippen LogP contribution >= 0.6 is 11.3 Å². The van der Waals surface area contributed by atoms with Crippen LogP contribution in [0.5, 0.6) is 0 Å². The Balaban J connectivity index is 1.44. The van der Waals surface area contributed by atoms with Crippen molar-refractivity contribution in [1.29, 1.82) is 0 Å². The maximum Gasteiger partial charge on any atom is 0.325 e. The highest BCUT2D eigenvalue weighted by Crippen LogP contribution is 2.28. The van der Waals surface area contributed by atoms with Gasteiger partial charge < -0.3 is 0 Å². The zero-order chi connectivity index (χ0) is 26.0. The zero-order valence-electron chi connectivity index (χ0n) is 20.6. The highest BCUT2D eigenvalue weighted by Gasteiger charge is 2.17. The molecule has 2 aromatic heterocycles. The Morgan fingerprint density at radius 3 is 1.49 bits per heavy atom. The van der Waals surface area contributed by atoms with Crippen molar-refractivity contribution < 1.29 is 8.42 Å². The Kier molecular flexibility index (Phi) is 6.73. The van der Waals surface area contributed by atoms with E-state index < -0.39 is 10.2 Å². The molecular weight excluding hydrogens is 502 g/mol. The van der Waals surface area contributed by atoms with Crippen molar-refractivity contribution in [3.8, 4) is 33.8 Å². The molecule has 0 atom stereocenters. The van der Waals surface area contributed by atoms with Crippen molar-refractivity contribution in [1.82, 2.24) is 15.0 Å². The summed E-state index contributed by atoms with van der Waals surface area (Å²) in [4.78, 5) is 13.4. The summed E-state index contributed by atoms with van der Waals surface area (Å²) < 4.78 is 31.0. The number of hydrogen-bond acceptors (Lipinski definition) is 6. The smallest absolute Gasteiger partial charge is 0.241 e. The van der Waals surface area contributed by atoms with Crippen molar-refractivity contribution in [2.75, 3.05) is 9.44 Å². The van der Waals surface area contributed by atoms with Crippen LogP contribution < -0.4 is 9.44 Å². The molecule has 9 heteroatoms. The van der Waals surface area contributed by atoms with Gasteiger partial charge in [-0.25, -0.2) is 24.4 Å². The molecule has 2 heterocycles. The lowest BCUT2D eigenvalue weighted by atomic mass is 10.1. The van der Waals surface area contributed by atoms with E-state index in [-0.39, 0.29) is 11.1 Å². The third-order valence-corrected chi connectivity index (χ3v) is 7.52. The number of rotatable bonds is 7. The van der Waals surface area contributed by atoms with Crippen molar-refractivity contribution in [3.05, 3.63) is 101 Å². The second-order valence-corrected chi connectivity index (χ2v) is 11.1. The minimum atomic E-state index is -4.05. The van der Waals surface area contributed by atoms with Crippen molar-refractivity contribution in [2.24, 2.45) is 0 Å². The van der Waals surface area contributed by atoms with Gasteiger partial charge in [0.15, 0.2) is 5.13 Å². The molecule has 3 aromatic carbocycles. The molecule has 2 N–H and O–H groups in total. The molecular formula is C28H25N5O2S2. The summed E-state index contributed by atoms with van der Waals surface area (Å²) in [7, 11) is -4.05. The molecule has 186 valence electrons. The number of anilines is 2. The van der Waals surface area contributed by atoms with Gasteiger partial charge in [-0.2, -0.15) is 8.42 Å². The lowest BCUT2D eigenvalue weighted by Crippen LogP contribution is -2.23. The number of aryl methyl sites for hydroxylation is 3. The fourth-order valence-electron chi connectivity index (χ4n) is 3.68. The maximum absolute atomic E-state index is 13.0. The molecule has 0 spiro atoms. The van der Waals surface area contributed by atoms with Gasteiger partial charge in [0.1, 0.15) is 0 Å². The first-order valence-electron chi connectivity index (χ1n) is 11.6. The van der Waals surface area contributed by atoms with E-state index in [2.05, 4.69) is 24.4 Å². The topological polar surface area (TPSA) is 96.9 Å². The van der Waals surface area contributed by atoms with Crippen LogP contribution in [-0.4, -0.2) is 23.4 Å². The molecule has 0 bridgehead atoms. The first-order valence-corrected chi connectivity index (χ1v) is 14.0. The third-order valence-electron chi connectivity index (χ3n) is 5.72. The second-order valence-electron chi connectivity index (χ2n) is 8.81. The van der Waals surface area contributed by atoms with Gasteiger partial charge in [-0.15, -0.1) is 11.3 Å². The van der Waals surface area contributed by atoms with Gasteiger partial charge in [-0.1, -0.05) is 89.5 Å². The van der Waals surface area contributed by atoms with Gasteiger partial charge in [-0.3, -0.25) is 0 Å². The van der Waals surface area contributed by atoms with E-state index in [1.807, 2.05) is 105 Å². The number of hydrogen-bond donors (Lipinski definition) is 2. The van der Waals surface area contributed by atoms with E-state index in [1.165, 1.54) is 11.3 Å². The molecule has 0 saturated carbocycles. The highest BCUT2D eigenvalue weighted by atomic mass is 32.2.